The zero-order valence-electron chi connectivity index (χ0n) is 17.4. The Bertz CT molecular complexity index is 1130. The van der Waals surface area contributed by atoms with Crippen LogP contribution in [0.5, 0.6) is 0 Å². The van der Waals surface area contributed by atoms with E-state index in [-0.39, 0.29) is 29.8 Å². The molecule has 1 saturated heterocycles. The minimum Gasteiger partial charge on any atom is -0.507 e. The average molecular weight is 473 g/mol. The fraction of sp³-hybridized carbons (Fsp3) is 0.261. The van der Waals surface area contributed by atoms with Gasteiger partial charge in [-0.1, -0.05) is 30.2 Å². The molecule has 0 spiro atoms. The SMILES string of the molecule is O=C(O)CCCCCN1C(=O)C(=O)/C(=C(/O)c2ccc(Cl)cc2)[C@H]1c1cccc([N+](=O)[O-])c1. The van der Waals surface area contributed by atoms with E-state index in [1.54, 1.807) is 6.07 Å². The van der Waals surface area contributed by atoms with Gasteiger partial charge in [-0.2, -0.15) is 0 Å². The third-order valence-electron chi connectivity index (χ3n) is 5.34. The number of carboxylic acid groups (broad SMARTS) is 1. The van der Waals surface area contributed by atoms with Gasteiger partial charge >= 0.3 is 5.97 Å². The number of aliphatic hydroxyl groups is 1. The molecule has 2 aromatic rings. The van der Waals surface area contributed by atoms with Crippen molar-refractivity contribution in [3.63, 3.8) is 0 Å². The first kappa shape index (κ1) is 23.9. The van der Waals surface area contributed by atoms with Crippen molar-refractivity contribution < 1.29 is 29.5 Å². The number of Topliss-reactive ketones (excluding diaryl/α,β-unsaturated/α-hetero) is 1. The predicted molar refractivity (Wildman–Crippen MR) is 120 cm³/mol. The second-order valence-corrected chi connectivity index (χ2v) is 7.99. The number of likely N-dealkylation sites (tertiary alicyclic amines) is 1. The van der Waals surface area contributed by atoms with E-state index in [1.807, 2.05) is 0 Å². The molecule has 0 aromatic heterocycles. The van der Waals surface area contributed by atoms with Gasteiger partial charge < -0.3 is 15.1 Å². The third kappa shape index (κ3) is 5.38. The van der Waals surface area contributed by atoms with Crippen LogP contribution >= 0.6 is 11.6 Å². The van der Waals surface area contributed by atoms with Crippen molar-refractivity contribution in [1.29, 1.82) is 0 Å². The molecule has 10 heteroatoms. The molecule has 2 aromatic carbocycles. The number of carbonyl (C=O) groups is 3. The molecule has 172 valence electrons. The van der Waals surface area contributed by atoms with E-state index in [2.05, 4.69) is 0 Å². The molecular weight excluding hydrogens is 452 g/mol. The third-order valence-corrected chi connectivity index (χ3v) is 5.60. The van der Waals surface area contributed by atoms with Crippen LogP contribution in [0, 0.1) is 10.1 Å². The van der Waals surface area contributed by atoms with Crippen LogP contribution in [-0.2, 0) is 14.4 Å². The standard InChI is InChI=1S/C23H21ClN2O7/c24-16-10-8-14(9-11-16)21(29)19-20(15-5-4-6-17(13-15)26(32)33)25(23(31)22(19)30)12-3-1-2-7-18(27)28/h4-6,8-11,13,20,29H,1-3,7,12H2,(H,27,28)/b21-19+/t20-/m1/s1. The predicted octanol–water partition coefficient (Wildman–Crippen LogP) is 4.31. The highest BCUT2D eigenvalue weighted by Gasteiger charge is 2.46. The molecule has 1 heterocycles. The largest absolute Gasteiger partial charge is 0.507 e. The molecule has 0 radical (unpaired) electrons. The molecule has 1 fully saturated rings. The number of nitro groups is 1. The minimum atomic E-state index is -1.03. The van der Waals surface area contributed by atoms with Crippen LogP contribution in [0.3, 0.4) is 0 Å². The van der Waals surface area contributed by atoms with Crippen molar-refractivity contribution >= 4 is 40.7 Å². The Morgan fingerprint density at radius 1 is 1.06 bits per heavy atom. The molecule has 1 amide bonds. The van der Waals surface area contributed by atoms with Gasteiger partial charge in [-0.25, -0.2) is 0 Å². The highest BCUT2D eigenvalue weighted by Crippen LogP contribution is 2.40. The Morgan fingerprint density at radius 3 is 2.39 bits per heavy atom. The first-order valence-corrected chi connectivity index (χ1v) is 10.6. The molecule has 0 saturated carbocycles. The number of carboxylic acids is 1. The van der Waals surface area contributed by atoms with Crippen molar-refractivity contribution in [2.75, 3.05) is 6.54 Å². The lowest BCUT2D eigenvalue weighted by Gasteiger charge is -2.25. The van der Waals surface area contributed by atoms with Crippen LogP contribution in [0.25, 0.3) is 5.76 Å². The van der Waals surface area contributed by atoms with Gasteiger partial charge in [0.1, 0.15) is 5.76 Å². The van der Waals surface area contributed by atoms with Crippen LogP contribution in [-0.4, -0.2) is 44.2 Å². The van der Waals surface area contributed by atoms with E-state index in [0.29, 0.717) is 29.8 Å². The van der Waals surface area contributed by atoms with Gasteiger partial charge in [0.25, 0.3) is 17.4 Å². The van der Waals surface area contributed by atoms with Crippen molar-refractivity contribution in [1.82, 2.24) is 4.90 Å². The van der Waals surface area contributed by atoms with Crippen molar-refractivity contribution in [3.8, 4) is 0 Å². The number of carbonyl (C=O) groups excluding carboxylic acids is 2. The van der Waals surface area contributed by atoms with E-state index in [1.165, 1.54) is 47.4 Å². The number of ketones is 1. The second-order valence-electron chi connectivity index (χ2n) is 7.56. The average Bonchev–Trinajstić information content (AvgIpc) is 3.03. The van der Waals surface area contributed by atoms with Crippen molar-refractivity contribution in [2.45, 2.75) is 31.7 Å². The highest BCUT2D eigenvalue weighted by molar-refractivity contribution is 6.46. The molecular formula is C23H21ClN2O7. The van der Waals surface area contributed by atoms with Crippen LogP contribution in [0.15, 0.2) is 54.1 Å². The highest BCUT2D eigenvalue weighted by atomic mass is 35.5. The number of unbranched alkanes of at least 4 members (excludes halogenated alkanes) is 2. The summed E-state index contributed by atoms with van der Waals surface area (Å²) in [4.78, 5) is 48.5. The number of hydrogen-bond donors (Lipinski definition) is 2. The number of aliphatic hydroxyl groups excluding tert-OH is 1. The summed E-state index contributed by atoms with van der Waals surface area (Å²) in [6.07, 6.45) is 1.33. The number of halogens is 1. The molecule has 9 nitrogen and oxygen atoms in total. The minimum absolute atomic E-state index is 0.0102. The van der Waals surface area contributed by atoms with Gasteiger partial charge in [0.2, 0.25) is 0 Å². The van der Waals surface area contributed by atoms with Gasteiger partial charge in [0.15, 0.2) is 0 Å². The van der Waals surface area contributed by atoms with Crippen LogP contribution in [0.4, 0.5) is 5.69 Å². The quantitative estimate of drug-likeness (QED) is 0.138. The summed E-state index contributed by atoms with van der Waals surface area (Å²) in [6.45, 7) is 0.120. The number of rotatable bonds is 9. The van der Waals surface area contributed by atoms with Gasteiger partial charge in [-0.15, -0.1) is 0 Å². The monoisotopic (exact) mass is 472 g/mol. The Kier molecular flexibility index (Phi) is 7.44. The number of amides is 1. The van der Waals surface area contributed by atoms with E-state index in [4.69, 9.17) is 16.7 Å². The van der Waals surface area contributed by atoms with Gasteiger partial charge in [-0.05, 0) is 42.7 Å². The number of hydrogen-bond acceptors (Lipinski definition) is 6. The molecule has 1 aliphatic rings. The molecule has 1 atom stereocenters. The summed E-state index contributed by atoms with van der Waals surface area (Å²) in [5, 5.41) is 31.4. The van der Waals surface area contributed by atoms with E-state index >= 15 is 0 Å². The lowest BCUT2D eigenvalue weighted by Crippen LogP contribution is -2.30. The summed E-state index contributed by atoms with van der Waals surface area (Å²) in [5.74, 6) is -3.06. The molecule has 2 N–H and O–H groups in total. The number of nitrogens with zero attached hydrogens (tertiary/aromatic N) is 2. The maximum Gasteiger partial charge on any atom is 0.303 e. The Labute approximate surface area is 194 Å². The number of benzene rings is 2. The summed E-state index contributed by atoms with van der Waals surface area (Å²) in [5.41, 5.74) is 0.193. The molecule has 0 bridgehead atoms. The zero-order valence-corrected chi connectivity index (χ0v) is 18.2. The lowest BCUT2D eigenvalue weighted by molar-refractivity contribution is -0.384. The first-order valence-electron chi connectivity index (χ1n) is 10.2. The van der Waals surface area contributed by atoms with Gasteiger partial charge in [0, 0.05) is 35.7 Å². The molecule has 1 aliphatic heterocycles. The fourth-order valence-electron chi connectivity index (χ4n) is 3.76. The zero-order chi connectivity index (χ0) is 24.1. The molecule has 0 unspecified atom stereocenters. The van der Waals surface area contributed by atoms with Gasteiger partial charge in [0.05, 0.1) is 16.5 Å². The van der Waals surface area contributed by atoms with E-state index in [0.717, 1.165) is 0 Å². The van der Waals surface area contributed by atoms with Crippen molar-refractivity contribution in [2.24, 2.45) is 0 Å². The fourth-order valence-corrected chi connectivity index (χ4v) is 3.89. The smallest absolute Gasteiger partial charge is 0.303 e. The summed E-state index contributed by atoms with van der Waals surface area (Å²) in [6, 6.07) is 10.6. The topological polar surface area (TPSA) is 138 Å². The Morgan fingerprint density at radius 2 is 1.76 bits per heavy atom. The van der Waals surface area contributed by atoms with E-state index in [9.17, 15) is 29.6 Å². The Hall–Kier alpha value is -3.72. The van der Waals surface area contributed by atoms with E-state index < -0.39 is 34.4 Å². The number of non-ortho nitro benzene ring substituents is 1. The maximum atomic E-state index is 12.9. The second kappa shape index (κ2) is 10.3. The maximum absolute atomic E-state index is 12.9. The van der Waals surface area contributed by atoms with Crippen LogP contribution in [0.2, 0.25) is 5.02 Å². The van der Waals surface area contributed by atoms with Gasteiger partial charge in [-0.3, -0.25) is 24.5 Å². The molecule has 3 rings (SSSR count). The van der Waals surface area contributed by atoms with Crippen LogP contribution in [0.1, 0.15) is 42.9 Å². The van der Waals surface area contributed by atoms with Crippen LogP contribution < -0.4 is 0 Å². The number of nitro benzene ring substituents is 1. The van der Waals surface area contributed by atoms with Crippen molar-refractivity contribution in [3.05, 3.63) is 80.4 Å². The first-order chi connectivity index (χ1) is 15.7. The summed E-state index contributed by atoms with van der Waals surface area (Å²) < 4.78 is 0. The molecule has 33 heavy (non-hydrogen) atoms. The Balaban J connectivity index is 2.02. The molecule has 0 aliphatic carbocycles. The number of aliphatic carboxylic acids is 1. The lowest BCUT2D eigenvalue weighted by atomic mass is 9.95. The normalized spacial score (nSPS) is 17.4. The summed E-state index contributed by atoms with van der Waals surface area (Å²) in [7, 11) is 0. The summed E-state index contributed by atoms with van der Waals surface area (Å²) >= 11 is 5.90.